The van der Waals surface area contributed by atoms with Gasteiger partial charge in [-0.15, -0.1) is 11.3 Å². The van der Waals surface area contributed by atoms with E-state index in [0.717, 1.165) is 76.2 Å². The number of hydrogen-bond acceptors (Lipinski definition) is 6. The minimum absolute atomic E-state index is 0.0119. The van der Waals surface area contributed by atoms with Gasteiger partial charge in [-0.05, 0) is 69.2 Å². The largest absolute Gasteiger partial charge is 0.489 e. The van der Waals surface area contributed by atoms with Crippen LogP contribution in [0.4, 0.5) is 0 Å². The van der Waals surface area contributed by atoms with Crippen LogP contribution in [-0.4, -0.2) is 32.8 Å². The first-order valence-corrected chi connectivity index (χ1v) is 14.2. The van der Waals surface area contributed by atoms with Crippen molar-refractivity contribution in [1.82, 2.24) is 14.9 Å². The van der Waals surface area contributed by atoms with Crippen molar-refractivity contribution in [2.45, 2.75) is 77.4 Å². The molecule has 8 heteroatoms. The van der Waals surface area contributed by atoms with Gasteiger partial charge >= 0.3 is 0 Å². The summed E-state index contributed by atoms with van der Waals surface area (Å²) < 4.78 is 7.48. The molecule has 6 nitrogen and oxygen atoms in total. The number of imide groups is 1. The molecule has 1 aliphatic heterocycles. The van der Waals surface area contributed by atoms with Crippen LogP contribution in [0, 0.1) is 18.8 Å². The number of carbonyl (C=O) groups is 2. The highest BCUT2D eigenvalue weighted by Gasteiger charge is 2.48. The molecule has 2 amide bonds. The third kappa shape index (κ3) is 4.30. The number of nitrogens with zero attached hydrogens (tertiary/aromatic N) is 3. The van der Waals surface area contributed by atoms with Crippen LogP contribution in [0.1, 0.15) is 68.2 Å². The maximum atomic E-state index is 13.0. The minimum Gasteiger partial charge on any atom is -0.489 e. The summed E-state index contributed by atoms with van der Waals surface area (Å²) in [5.41, 5.74) is 3.44. The van der Waals surface area contributed by atoms with E-state index in [2.05, 4.69) is 9.97 Å². The van der Waals surface area contributed by atoms with Gasteiger partial charge in [-0.25, -0.2) is 9.97 Å². The van der Waals surface area contributed by atoms with Gasteiger partial charge in [0.05, 0.1) is 40.4 Å². The number of amides is 2. The Bertz CT molecular complexity index is 1310. The van der Waals surface area contributed by atoms with Crippen LogP contribution in [0.5, 0.6) is 5.75 Å². The van der Waals surface area contributed by atoms with Gasteiger partial charge in [0.15, 0.2) is 0 Å². The highest BCUT2D eigenvalue weighted by atomic mass is 35.5. The zero-order chi connectivity index (χ0) is 24.8. The Labute approximate surface area is 220 Å². The lowest BCUT2D eigenvalue weighted by Crippen LogP contribution is -2.30. The zero-order valence-corrected chi connectivity index (χ0v) is 22.0. The number of aromatic nitrogens is 2. The Balaban J connectivity index is 1.35. The van der Waals surface area contributed by atoms with E-state index in [4.69, 9.17) is 16.3 Å². The number of halogens is 1. The molecule has 36 heavy (non-hydrogen) atoms. The molecule has 1 aromatic carbocycles. The molecule has 3 aromatic rings. The maximum Gasteiger partial charge on any atom is 0.233 e. The average Bonchev–Trinajstić information content (AvgIpc) is 3.41. The predicted molar refractivity (Wildman–Crippen MR) is 141 cm³/mol. The molecule has 188 valence electrons. The van der Waals surface area contributed by atoms with Crippen LogP contribution in [0.25, 0.3) is 21.5 Å². The summed E-state index contributed by atoms with van der Waals surface area (Å²) in [4.78, 5) is 37.6. The smallest absolute Gasteiger partial charge is 0.233 e. The number of likely N-dealkylation sites (tertiary alicyclic amines) is 1. The van der Waals surface area contributed by atoms with E-state index >= 15 is 0 Å². The summed E-state index contributed by atoms with van der Waals surface area (Å²) in [5.74, 6) is 0.536. The SMILES string of the molecule is Cc1cc(Cl)cc(-c2ncnc3cc(CN4C(=O)C5CCCCC5C4=O)sc23)c1OC1CCCCC1. The monoisotopic (exact) mass is 523 g/mol. The van der Waals surface area contributed by atoms with E-state index < -0.39 is 0 Å². The topological polar surface area (TPSA) is 72.4 Å². The summed E-state index contributed by atoms with van der Waals surface area (Å²) in [5, 5.41) is 0.637. The summed E-state index contributed by atoms with van der Waals surface area (Å²) >= 11 is 8.04. The molecule has 0 spiro atoms. The van der Waals surface area contributed by atoms with Crippen molar-refractivity contribution in [1.29, 1.82) is 0 Å². The summed E-state index contributed by atoms with van der Waals surface area (Å²) in [6, 6.07) is 5.84. The van der Waals surface area contributed by atoms with Gasteiger partial charge in [-0.3, -0.25) is 14.5 Å². The van der Waals surface area contributed by atoms with Crippen molar-refractivity contribution in [3.05, 3.63) is 40.0 Å². The number of ether oxygens (including phenoxy) is 1. The fraction of sp³-hybridized carbons (Fsp3) is 0.500. The number of thiophene rings is 1. The van der Waals surface area contributed by atoms with Crippen molar-refractivity contribution in [3.8, 4) is 17.0 Å². The van der Waals surface area contributed by atoms with Gasteiger partial charge in [0, 0.05) is 15.5 Å². The molecular formula is C28H30ClN3O3S. The second-order valence-corrected chi connectivity index (χ2v) is 12.0. The van der Waals surface area contributed by atoms with E-state index in [9.17, 15) is 9.59 Å². The quantitative estimate of drug-likeness (QED) is 0.348. The van der Waals surface area contributed by atoms with Crippen LogP contribution in [0.15, 0.2) is 24.5 Å². The average molecular weight is 524 g/mol. The number of rotatable bonds is 5. The highest BCUT2D eigenvalue weighted by Crippen LogP contribution is 2.43. The fourth-order valence-electron chi connectivity index (χ4n) is 6.13. The fourth-order valence-corrected chi connectivity index (χ4v) is 7.50. The van der Waals surface area contributed by atoms with Gasteiger partial charge in [-0.1, -0.05) is 30.9 Å². The molecule has 2 saturated carbocycles. The second kappa shape index (κ2) is 9.75. The maximum absolute atomic E-state index is 13.0. The van der Waals surface area contributed by atoms with Crippen LogP contribution < -0.4 is 4.74 Å². The van der Waals surface area contributed by atoms with Crippen LogP contribution in [0.3, 0.4) is 0 Å². The molecule has 3 aliphatic rings. The second-order valence-electron chi connectivity index (χ2n) is 10.4. The number of benzene rings is 1. The molecule has 2 atom stereocenters. The number of aryl methyl sites for hydroxylation is 1. The van der Waals surface area contributed by atoms with Crippen LogP contribution in [0.2, 0.25) is 5.02 Å². The Kier molecular flexibility index (Phi) is 6.46. The molecule has 2 unspecified atom stereocenters. The van der Waals surface area contributed by atoms with Gasteiger partial charge in [0.1, 0.15) is 12.1 Å². The normalized spacial score (nSPS) is 22.9. The summed E-state index contributed by atoms with van der Waals surface area (Å²) in [6.45, 7) is 2.32. The third-order valence-electron chi connectivity index (χ3n) is 7.94. The molecule has 2 aromatic heterocycles. The number of carbonyl (C=O) groups excluding carboxylic acids is 2. The lowest BCUT2D eigenvalue weighted by Gasteiger charge is -2.25. The molecular weight excluding hydrogens is 494 g/mol. The van der Waals surface area contributed by atoms with Crippen molar-refractivity contribution < 1.29 is 14.3 Å². The van der Waals surface area contributed by atoms with Crippen LogP contribution >= 0.6 is 22.9 Å². The Morgan fingerprint density at radius 3 is 2.39 bits per heavy atom. The number of fused-ring (bicyclic) bond motifs is 2. The lowest BCUT2D eigenvalue weighted by molar-refractivity contribution is -0.140. The van der Waals surface area contributed by atoms with E-state index in [1.54, 1.807) is 6.33 Å². The van der Waals surface area contributed by atoms with Crippen LogP contribution in [-0.2, 0) is 16.1 Å². The molecule has 3 heterocycles. The third-order valence-corrected chi connectivity index (χ3v) is 9.27. The van der Waals surface area contributed by atoms with Gasteiger partial charge in [-0.2, -0.15) is 0 Å². The molecule has 6 rings (SSSR count). The summed E-state index contributed by atoms with van der Waals surface area (Å²) in [7, 11) is 0. The van der Waals surface area contributed by atoms with Crippen molar-refractivity contribution in [2.75, 3.05) is 0 Å². The predicted octanol–water partition coefficient (Wildman–Crippen LogP) is 6.71. The highest BCUT2D eigenvalue weighted by molar-refractivity contribution is 7.19. The minimum atomic E-state index is -0.134. The molecule has 3 fully saturated rings. The Morgan fingerprint density at radius 2 is 1.67 bits per heavy atom. The Hall–Kier alpha value is -2.51. The molecule has 2 aliphatic carbocycles. The van der Waals surface area contributed by atoms with E-state index in [-0.39, 0.29) is 29.8 Å². The lowest BCUT2D eigenvalue weighted by atomic mass is 9.81. The molecule has 0 radical (unpaired) electrons. The van der Waals surface area contributed by atoms with E-state index in [1.165, 1.54) is 35.5 Å². The molecule has 0 N–H and O–H groups in total. The van der Waals surface area contributed by atoms with Crippen molar-refractivity contribution in [2.24, 2.45) is 11.8 Å². The Morgan fingerprint density at radius 1 is 0.972 bits per heavy atom. The van der Waals surface area contributed by atoms with E-state index in [0.29, 0.717) is 11.6 Å². The first-order valence-electron chi connectivity index (χ1n) is 13.1. The van der Waals surface area contributed by atoms with Gasteiger partial charge < -0.3 is 4.74 Å². The molecule has 0 bridgehead atoms. The van der Waals surface area contributed by atoms with Gasteiger partial charge in [0.25, 0.3) is 0 Å². The number of hydrogen-bond donors (Lipinski definition) is 0. The first kappa shape index (κ1) is 23.9. The van der Waals surface area contributed by atoms with Crippen molar-refractivity contribution >= 4 is 45.0 Å². The van der Waals surface area contributed by atoms with E-state index in [1.807, 2.05) is 25.1 Å². The molecule has 1 saturated heterocycles. The van der Waals surface area contributed by atoms with Crippen molar-refractivity contribution in [3.63, 3.8) is 0 Å². The summed E-state index contributed by atoms with van der Waals surface area (Å²) in [6.07, 6.45) is 11.2. The first-order chi connectivity index (χ1) is 17.5. The zero-order valence-electron chi connectivity index (χ0n) is 20.5. The van der Waals surface area contributed by atoms with Gasteiger partial charge in [0.2, 0.25) is 11.8 Å². The standard InChI is InChI=1S/C28H30ClN3O3S/c1-16-11-17(29)12-22(25(16)35-18-7-3-2-4-8-18)24-26-23(30-15-31-24)13-19(36-26)14-32-27(33)20-9-5-6-10-21(20)28(32)34/h11-13,15,18,20-21H,2-10,14H2,1H3.